The summed E-state index contributed by atoms with van der Waals surface area (Å²) in [4.78, 5) is 0. The smallest absolute Gasteiger partial charge is 0.0880 e. The lowest BCUT2D eigenvalue weighted by molar-refractivity contribution is 0.0482. The Hall–Kier alpha value is -0.860. The van der Waals surface area contributed by atoms with E-state index in [0.717, 1.165) is 25.1 Å². The minimum absolute atomic E-state index is 0.719. The number of hydrogen-bond donors (Lipinski definition) is 2. The number of aliphatic hydroxyl groups is 1. The first-order valence-electron chi connectivity index (χ1n) is 5.15. The van der Waals surface area contributed by atoms with Gasteiger partial charge in [0.15, 0.2) is 0 Å². The Labute approximate surface area is 86.0 Å². The number of benzene rings is 1. The summed E-state index contributed by atoms with van der Waals surface area (Å²) >= 11 is 0. The minimum Gasteiger partial charge on any atom is -0.385 e. The van der Waals surface area contributed by atoms with Crippen LogP contribution in [-0.2, 0) is 5.60 Å². The third kappa shape index (κ3) is 3.13. The van der Waals surface area contributed by atoms with Crippen molar-refractivity contribution in [2.24, 2.45) is 0 Å². The molecule has 0 aromatic heterocycles. The molecule has 0 aliphatic rings. The molecule has 0 bridgehead atoms. The fourth-order valence-electron chi connectivity index (χ4n) is 1.45. The van der Waals surface area contributed by atoms with Crippen molar-refractivity contribution in [1.82, 2.24) is 5.32 Å². The van der Waals surface area contributed by atoms with Gasteiger partial charge in [-0.2, -0.15) is 0 Å². The van der Waals surface area contributed by atoms with Crippen LogP contribution in [0.15, 0.2) is 30.3 Å². The van der Waals surface area contributed by atoms with Crippen molar-refractivity contribution in [3.63, 3.8) is 0 Å². The highest BCUT2D eigenvalue weighted by Crippen LogP contribution is 2.23. The molecule has 0 spiro atoms. The molecule has 0 amide bonds. The van der Waals surface area contributed by atoms with Crippen LogP contribution < -0.4 is 5.32 Å². The molecule has 0 saturated heterocycles. The molecule has 0 saturated carbocycles. The third-order valence-corrected chi connectivity index (χ3v) is 2.43. The highest BCUT2D eigenvalue weighted by molar-refractivity contribution is 5.21. The van der Waals surface area contributed by atoms with Gasteiger partial charge in [0.1, 0.15) is 0 Å². The van der Waals surface area contributed by atoms with E-state index in [0.29, 0.717) is 0 Å². The van der Waals surface area contributed by atoms with Crippen LogP contribution in [0.2, 0.25) is 0 Å². The Kier molecular flexibility index (Phi) is 4.11. The standard InChI is InChI=1S/C12H19NO/c1-3-13-10-9-12(2,14)11-7-5-4-6-8-11/h4-8,13-14H,3,9-10H2,1-2H3. The van der Waals surface area contributed by atoms with E-state index in [1.165, 1.54) is 0 Å². The predicted molar refractivity (Wildman–Crippen MR) is 59.2 cm³/mol. The molecule has 1 aromatic rings. The third-order valence-electron chi connectivity index (χ3n) is 2.43. The van der Waals surface area contributed by atoms with Gasteiger partial charge in [0, 0.05) is 0 Å². The lowest BCUT2D eigenvalue weighted by atomic mass is 9.93. The second kappa shape index (κ2) is 5.13. The summed E-state index contributed by atoms with van der Waals surface area (Å²) in [5.74, 6) is 0. The Morgan fingerprint density at radius 2 is 1.93 bits per heavy atom. The first kappa shape index (κ1) is 11.2. The van der Waals surface area contributed by atoms with Gasteiger partial charge in [-0.15, -0.1) is 0 Å². The predicted octanol–water partition coefficient (Wildman–Crippen LogP) is 1.89. The maximum Gasteiger partial charge on any atom is 0.0880 e. The van der Waals surface area contributed by atoms with Crippen molar-refractivity contribution in [1.29, 1.82) is 0 Å². The van der Waals surface area contributed by atoms with Crippen LogP contribution in [0.25, 0.3) is 0 Å². The molecular formula is C12H19NO. The summed E-state index contributed by atoms with van der Waals surface area (Å²) < 4.78 is 0. The van der Waals surface area contributed by atoms with Gasteiger partial charge in [-0.25, -0.2) is 0 Å². The van der Waals surface area contributed by atoms with Crippen molar-refractivity contribution in [3.8, 4) is 0 Å². The highest BCUT2D eigenvalue weighted by atomic mass is 16.3. The normalized spacial score (nSPS) is 15.1. The average molecular weight is 193 g/mol. The van der Waals surface area contributed by atoms with Crippen LogP contribution in [0.4, 0.5) is 0 Å². The monoisotopic (exact) mass is 193 g/mol. The van der Waals surface area contributed by atoms with Gasteiger partial charge >= 0.3 is 0 Å². The fraction of sp³-hybridized carbons (Fsp3) is 0.500. The van der Waals surface area contributed by atoms with Crippen molar-refractivity contribution < 1.29 is 5.11 Å². The van der Waals surface area contributed by atoms with E-state index in [2.05, 4.69) is 12.2 Å². The van der Waals surface area contributed by atoms with Crippen LogP contribution in [-0.4, -0.2) is 18.2 Å². The van der Waals surface area contributed by atoms with Crippen molar-refractivity contribution in [3.05, 3.63) is 35.9 Å². The summed E-state index contributed by atoms with van der Waals surface area (Å²) in [7, 11) is 0. The zero-order valence-electron chi connectivity index (χ0n) is 8.96. The molecule has 0 radical (unpaired) electrons. The van der Waals surface area contributed by atoms with E-state index >= 15 is 0 Å². The molecule has 1 rings (SSSR count). The van der Waals surface area contributed by atoms with Crippen molar-refractivity contribution in [2.75, 3.05) is 13.1 Å². The molecule has 0 aliphatic heterocycles. The van der Waals surface area contributed by atoms with E-state index in [1.54, 1.807) is 0 Å². The van der Waals surface area contributed by atoms with E-state index < -0.39 is 5.60 Å². The second-order valence-corrected chi connectivity index (χ2v) is 3.74. The van der Waals surface area contributed by atoms with Gasteiger partial charge in [0.25, 0.3) is 0 Å². The van der Waals surface area contributed by atoms with E-state index in [1.807, 2.05) is 37.3 Å². The molecule has 1 unspecified atom stereocenters. The van der Waals surface area contributed by atoms with Gasteiger partial charge < -0.3 is 10.4 Å². The Morgan fingerprint density at radius 1 is 1.29 bits per heavy atom. The fourth-order valence-corrected chi connectivity index (χ4v) is 1.45. The second-order valence-electron chi connectivity index (χ2n) is 3.74. The van der Waals surface area contributed by atoms with Crippen LogP contribution in [0.1, 0.15) is 25.8 Å². The molecule has 2 N–H and O–H groups in total. The molecule has 1 atom stereocenters. The molecule has 78 valence electrons. The molecule has 0 aliphatic carbocycles. The first-order valence-corrected chi connectivity index (χ1v) is 5.15. The zero-order chi connectivity index (χ0) is 10.4. The molecule has 14 heavy (non-hydrogen) atoms. The van der Waals surface area contributed by atoms with E-state index in [9.17, 15) is 5.11 Å². The van der Waals surface area contributed by atoms with Crippen LogP contribution in [0.5, 0.6) is 0 Å². The lowest BCUT2D eigenvalue weighted by Gasteiger charge is -2.23. The maximum absolute atomic E-state index is 10.2. The molecular weight excluding hydrogens is 174 g/mol. The van der Waals surface area contributed by atoms with Gasteiger partial charge in [0.05, 0.1) is 5.60 Å². The molecule has 0 heterocycles. The van der Waals surface area contributed by atoms with Gasteiger partial charge in [-0.05, 0) is 32.0 Å². The summed E-state index contributed by atoms with van der Waals surface area (Å²) in [6, 6.07) is 9.80. The number of rotatable bonds is 5. The van der Waals surface area contributed by atoms with Crippen LogP contribution in [0, 0.1) is 0 Å². The molecule has 1 aromatic carbocycles. The molecule has 0 fully saturated rings. The van der Waals surface area contributed by atoms with Crippen molar-refractivity contribution in [2.45, 2.75) is 25.9 Å². The summed E-state index contributed by atoms with van der Waals surface area (Å²) in [5, 5.41) is 13.4. The lowest BCUT2D eigenvalue weighted by Crippen LogP contribution is -2.27. The van der Waals surface area contributed by atoms with Crippen LogP contribution in [0.3, 0.4) is 0 Å². The quantitative estimate of drug-likeness (QED) is 0.700. The van der Waals surface area contributed by atoms with Crippen LogP contribution >= 0.6 is 0 Å². The summed E-state index contributed by atoms with van der Waals surface area (Å²) in [6.07, 6.45) is 0.741. The number of nitrogens with one attached hydrogen (secondary N) is 1. The van der Waals surface area contributed by atoms with Gasteiger partial charge in [0.2, 0.25) is 0 Å². The Bertz CT molecular complexity index is 256. The molecule has 2 heteroatoms. The van der Waals surface area contributed by atoms with E-state index in [-0.39, 0.29) is 0 Å². The first-order chi connectivity index (χ1) is 6.67. The van der Waals surface area contributed by atoms with Crippen molar-refractivity contribution >= 4 is 0 Å². The van der Waals surface area contributed by atoms with Gasteiger partial charge in [-0.1, -0.05) is 37.3 Å². The summed E-state index contributed by atoms with van der Waals surface area (Å²) in [6.45, 7) is 5.72. The highest BCUT2D eigenvalue weighted by Gasteiger charge is 2.21. The largest absolute Gasteiger partial charge is 0.385 e. The summed E-state index contributed by atoms with van der Waals surface area (Å²) in [5.41, 5.74) is 0.265. The SMILES string of the molecule is CCNCCC(C)(O)c1ccccc1. The molecule has 2 nitrogen and oxygen atoms in total. The topological polar surface area (TPSA) is 32.3 Å². The number of hydrogen-bond acceptors (Lipinski definition) is 2. The Morgan fingerprint density at radius 3 is 2.50 bits per heavy atom. The van der Waals surface area contributed by atoms with Gasteiger partial charge in [-0.3, -0.25) is 0 Å². The average Bonchev–Trinajstić information content (AvgIpc) is 2.19. The Balaban J connectivity index is 2.56. The maximum atomic E-state index is 10.2. The minimum atomic E-state index is -0.719. The zero-order valence-corrected chi connectivity index (χ0v) is 8.96. The van der Waals surface area contributed by atoms with E-state index in [4.69, 9.17) is 0 Å².